The fourth-order valence-electron chi connectivity index (χ4n) is 1.55. The Morgan fingerprint density at radius 3 is 3.00 bits per heavy atom. The predicted octanol–water partition coefficient (Wildman–Crippen LogP) is 1.56. The minimum Gasteiger partial charge on any atom is -0.496 e. The molecule has 1 aromatic heterocycles. The third-order valence-corrected chi connectivity index (χ3v) is 3.17. The lowest BCUT2D eigenvalue weighted by Crippen LogP contribution is -1.97. The maximum Gasteiger partial charge on any atom is 0.313 e. The van der Waals surface area contributed by atoms with Crippen LogP contribution >= 0.6 is 11.8 Å². The zero-order valence-corrected chi connectivity index (χ0v) is 10.3. The van der Waals surface area contributed by atoms with E-state index in [1.54, 1.807) is 12.1 Å². The average Bonchev–Trinajstić information content (AvgIpc) is 2.77. The number of fused-ring (bicyclic) bond motifs is 1. The molecule has 94 valence electrons. The normalized spacial score (nSPS) is 10.5. The first-order valence-corrected chi connectivity index (χ1v) is 6.00. The first-order valence-electron chi connectivity index (χ1n) is 5.02. The molecule has 2 N–H and O–H groups in total. The zero-order valence-electron chi connectivity index (χ0n) is 9.47. The van der Waals surface area contributed by atoms with Crippen LogP contribution in [0.3, 0.4) is 0 Å². The third kappa shape index (κ3) is 2.30. The summed E-state index contributed by atoms with van der Waals surface area (Å²) in [6, 6.07) is 3.36. The number of carboxylic acid groups (broad SMARTS) is 1. The van der Waals surface area contributed by atoms with Crippen LogP contribution in [0.15, 0.2) is 17.3 Å². The standard InChI is InChI=1S/C11H10N2O4S/c1-17-8-3-2-7-10(6(8)4-14)13-11(12-7)18-5-9(15)16/h2-4H,5H2,1H3,(H,12,13)(H,15,16). The van der Waals surface area contributed by atoms with Crippen LogP contribution < -0.4 is 4.74 Å². The predicted molar refractivity (Wildman–Crippen MR) is 66.4 cm³/mol. The van der Waals surface area contributed by atoms with Crippen molar-refractivity contribution in [3.8, 4) is 5.75 Å². The van der Waals surface area contributed by atoms with Crippen molar-refractivity contribution < 1.29 is 19.4 Å². The van der Waals surface area contributed by atoms with E-state index in [0.29, 0.717) is 33.8 Å². The average molecular weight is 266 g/mol. The topological polar surface area (TPSA) is 92.3 Å². The maximum absolute atomic E-state index is 11.0. The lowest BCUT2D eigenvalue weighted by Gasteiger charge is -2.02. The van der Waals surface area contributed by atoms with Crippen molar-refractivity contribution in [2.75, 3.05) is 12.9 Å². The monoisotopic (exact) mass is 266 g/mol. The van der Waals surface area contributed by atoms with Gasteiger partial charge in [0, 0.05) is 0 Å². The van der Waals surface area contributed by atoms with E-state index in [-0.39, 0.29) is 5.75 Å². The minimum absolute atomic E-state index is 0.0899. The SMILES string of the molecule is COc1ccc2nc(SCC(=O)O)[nH]c2c1C=O. The summed E-state index contributed by atoms with van der Waals surface area (Å²) in [5, 5.41) is 9.06. The van der Waals surface area contributed by atoms with Crippen LogP contribution in [0.2, 0.25) is 0 Å². The van der Waals surface area contributed by atoms with Crippen molar-refractivity contribution in [2.24, 2.45) is 0 Å². The molecule has 6 nitrogen and oxygen atoms in total. The largest absolute Gasteiger partial charge is 0.496 e. The Morgan fingerprint density at radius 2 is 2.39 bits per heavy atom. The third-order valence-electron chi connectivity index (χ3n) is 2.31. The molecule has 0 aliphatic heterocycles. The quantitative estimate of drug-likeness (QED) is 0.630. The molecule has 2 aromatic rings. The number of ether oxygens (including phenoxy) is 1. The number of aldehydes is 1. The maximum atomic E-state index is 11.0. The molecular formula is C11H10N2O4S. The molecule has 0 aliphatic rings. The van der Waals surface area contributed by atoms with Crippen LogP contribution in [0.1, 0.15) is 10.4 Å². The van der Waals surface area contributed by atoms with E-state index in [1.807, 2.05) is 0 Å². The molecule has 0 fully saturated rings. The van der Waals surface area contributed by atoms with E-state index < -0.39 is 5.97 Å². The summed E-state index contributed by atoms with van der Waals surface area (Å²) in [7, 11) is 1.48. The lowest BCUT2D eigenvalue weighted by atomic mass is 10.2. The second kappa shape index (κ2) is 5.09. The first-order chi connectivity index (χ1) is 8.65. The number of rotatable bonds is 5. The Morgan fingerprint density at radius 1 is 1.61 bits per heavy atom. The van der Waals surface area contributed by atoms with Crippen LogP contribution in [0.5, 0.6) is 5.75 Å². The second-order valence-corrected chi connectivity index (χ2v) is 4.38. The number of carboxylic acids is 1. The second-order valence-electron chi connectivity index (χ2n) is 3.42. The lowest BCUT2D eigenvalue weighted by molar-refractivity contribution is -0.133. The van der Waals surface area contributed by atoms with Gasteiger partial charge in [0.1, 0.15) is 5.75 Å². The number of aromatic nitrogens is 2. The number of imidazole rings is 1. The number of hydrogen-bond donors (Lipinski definition) is 2. The van der Waals surface area contributed by atoms with Gasteiger partial charge in [0.25, 0.3) is 0 Å². The fourth-order valence-corrected chi connectivity index (χ4v) is 2.15. The van der Waals surface area contributed by atoms with Gasteiger partial charge < -0.3 is 14.8 Å². The highest BCUT2D eigenvalue weighted by Gasteiger charge is 2.12. The molecule has 1 aromatic carbocycles. The molecule has 0 aliphatic carbocycles. The Hall–Kier alpha value is -2.02. The number of aliphatic carboxylic acids is 1. The number of nitrogens with one attached hydrogen (secondary N) is 1. The number of nitrogens with zero attached hydrogens (tertiary/aromatic N) is 1. The summed E-state index contributed by atoms with van der Waals surface area (Å²) in [4.78, 5) is 28.6. The van der Waals surface area contributed by atoms with Crippen LogP contribution in [0.4, 0.5) is 0 Å². The Labute approximate surface area is 106 Å². The molecule has 0 radical (unpaired) electrons. The molecule has 0 saturated heterocycles. The number of methoxy groups -OCH3 is 1. The highest BCUT2D eigenvalue weighted by molar-refractivity contribution is 7.99. The van der Waals surface area contributed by atoms with Crippen molar-refractivity contribution in [3.05, 3.63) is 17.7 Å². The number of benzene rings is 1. The van der Waals surface area contributed by atoms with Crippen molar-refractivity contribution in [1.29, 1.82) is 0 Å². The van der Waals surface area contributed by atoms with Crippen LogP contribution in [0.25, 0.3) is 11.0 Å². The van der Waals surface area contributed by atoms with Crippen molar-refractivity contribution in [1.82, 2.24) is 9.97 Å². The number of H-pyrrole nitrogens is 1. The molecule has 2 rings (SSSR count). The van der Waals surface area contributed by atoms with Crippen molar-refractivity contribution in [3.63, 3.8) is 0 Å². The summed E-state index contributed by atoms with van der Waals surface area (Å²) >= 11 is 1.06. The molecule has 1 heterocycles. The molecular weight excluding hydrogens is 256 g/mol. The molecule has 0 atom stereocenters. The molecule has 0 amide bonds. The van der Waals surface area contributed by atoms with Crippen molar-refractivity contribution in [2.45, 2.75) is 5.16 Å². The molecule has 0 spiro atoms. The summed E-state index contributed by atoms with van der Waals surface area (Å²) in [6.45, 7) is 0. The van der Waals surface area contributed by atoms with Gasteiger partial charge in [0.2, 0.25) is 0 Å². The number of hydrogen-bond acceptors (Lipinski definition) is 5. The highest BCUT2D eigenvalue weighted by atomic mass is 32.2. The van der Waals surface area contributed by atoms with E-state index in [2.05, 4.69) is 9.97 Å². The summed E-state index contributed by atoms with van der Waals surface area (Å²) in [5.41, 5.74) is 1.53. The molecule has 18 heavy (non-hydrogen) atoms. The van der Waals surface area contributed by atoms with Gasteiger partial charge in [0.15, 0.2) is 11.4 Å². The first kappa shape index (κ1) is 12.4. The van der Waals surface area contributed by atoms with Crippen LogP contribution in [-0.2, 0) is 4.79 Å². The molecule has 7 heteroatoms. The minimum atomic E-state index is -0.923. The van der Waals surface area contributed by atoms with Gasteiger partial charge in [-0.15, -0.1) is 0 Å². The summed E-state index contributed by atoms with van der Waals surface area (Å²) < 4.78 is 5.07. The fraction of sp³-hybridized carbons (Fsp3) is 0.182. The molecule has 0 bridgehead atoms. The van der Waals surface area contributed by atoms with Gasteiger partial charge in [-0.3, -0.25) is 9.59 Å². The number of carbonyl (C=O) groups excluding carboxylic acids is 1. The number of thioether (sulfide) groups is 1. The molecule has 0 unspecified atom stereocenters. The van der Waals surface area contributed by atoms with E-state index in [0.717, 1.165) is 11.8 Å². The van der Waals surface area contributed by atoms with Gasteiger partial charge in [-0.25, -0.2) is 4.98 Å². The van der Waals surface area contributed by atoms with Gasteiger partial charge in [-0.1, -0.05) is 11.8 Å². The van der Waals surface area contributed by atoms with E-state index >= 15 is 0 Å². The smallest absolute Gasteiger partial charge is 0.313 e. The summed E-state index contributed by atoms with van der Waals surface area (Å²) in [6.07, 6.45) is 0.686. The Kier molecular flexibility index (Phi) is 3.52. The summed E-state index contributed by atoms with van der Waals surface area (Å²) in [5.74, 6) is -0.558. The Bertz CT molecular complexity index is 608. The van der Waals surface area contributed by atoms with Crippen LogP contribution in [-0.4, -0.2) is 40.2 Å². The molecule has 0 saturated carbocycles. The Balaban J connectivity index is 2.44. The van der Waals surface area contributed by atoms with Gasteiger partial charge >= 0.3 is 5.97 Å². The van der Waals surface area contributed by atoms with Crippen molar-refractivity contribution >= 4 is 35.1 Å². The van der Waals surface area contributed by atoms with Crippen LogP contribution in [0, 0.1) is 0 Å². The van der Waals surface area contributed by atoms with E-state index in [9.17, 15) is 9.59 Å². The van der Waals surface area contributed by atoms with E-state index in [1.165, 1.54) is 7.11 Å². The highest BCUT2D eigenvalue weighted by Crippen LogP contribution is 2.27. The van der Waals surface area contributed by atoms with Gasteiger partial charge in [0.05, 0.1) is 29.5 Å². The number of aromatic amines is 1. The zero-order chi connectivity index (χ0) is 13.1. The van der Waals surface area contributed by atoms with E-state index in [4.69, 9.17) is 9.84 Å². The van der Waals surface area contributed by atoms with Gasteiger partial charge in [-0.2, -0.15) is 0 Å². The number of carbonyl (C=O) groups is 2. The van der Waals surface area contributed by atoms with Gasteiger partial charge in [-0.05, 0) is 12.1 Å².